The van der Waals surface area contributed by atoms with E-state index >= 15 is 0 Å². The van der Waals surface area contributed by atoms with Crippen molar-refractivity contribution in [1.29, 1.82) is 5.26 Å². The summed E-state index contributed by atoms with van der Waals surface area (Å²) >= 11 is 0. The first kappa shape index (κ1) is 24.3. The third kappa shape index (κ3) is 6.05. The van der Waals surface area contributed by atoms with Crippen LogP contribution in [0.25, 0.3) is 5.57 Å². The van der Waals surface area contributed by atoms with E-state index in [-0.39, 0.29) is 5.91 Å². The van der Waals surface area contributed by atoms with E-state index < -0.39 is 0 Å². The molecule has 37 heavy (non-hydrogen) atoms. The van der Waals surface area contributed by atoms with Gasteiger partial charge in [-0.05, 0) is 30.2 Å². The van der Waals surface area contributed by atoms with Gasteiger partial charge in [-0.25, -0.2) is 9.97 Å². The van der Waals surface area contributed by atoms with Gasteiger partial charge in [0.1, 0.15) is 11.6 Å². The van der Waals surface area contributed by atoms with Crippen LogP contribution in [0.4, 0.5) is 11.6 Å². The summed E-state index contributed by atoms with van der Waals surface area (Å²) in [4.78, 5) is 25.8. The van der Waals surface area contributed by atoms with Gasteiger partial charge in [-0.2, -0.15) is 5.26 Å². The van der Waals surface area contributed by atoms with Crippen LogP contribution in [0.1, 0.15) is 24.1 Å². The van der Waals surface area contributed by atoms with Crippen molar-refractivity contribution in [3.8, 4) is 11.8 Å². The third-order valence-corrected chi connectivity index (χ3v) is 6.42. The summed E-state index contributed by atoms with van der Waals surface area (Å²) in [5.41, 5.74) is 2.86. The van der Waals surface area contributed by atoms with Gasteiger partial charge in [-0.3, -0.25) is 9.69 Å². The number of allylic oxidation sites excluding steroid dienone is 1. The first-order valence-corrected chi connectivity index (χ1v) is 12.5. The minimum atomic E-state index is 0.177. The number of nitriles is 1. The summed E-state index contributed by atoms with van der Waals surface area (Å²) in [7, 11) is 0. The fraction of sp³-hybridized carbons (Fsp3) is 0.286. The zero-order valence-corrected chi connectivity index (χ0v) is 20.6. The van der Waals surface area contributed by atoms with E-state index in [1.54, 1.807) is 12.3 Å². The van der Waals surface area contributed by atoms with Gasteiger partial charge in [0, 0.05) is 51.9 Å². The van der Waals surface area contributed by atoms with Crippen LogP contribution in [0, 0.1) is 11.3 Å². The zero-order chi connectivity index (χ0) is 25.5. The van der Waals surface area contributed by atoms with Crippen LogP contribution in [0.15, 0.2) is 72.7 Å². The zero-order valence-electron chi connectivity index (χ0n) is 20.6. The van der Waals surface area contributed by atoms with Crippen LogP contribution in [0.3, 0.4) is 0 Å². The Kier molecular flexibility index (Phi) is 7.58. The molecular formula is C28H29N7O2. The number of nitrogens with zero attached hydrogens (tertiary/aromatic N) is 5. The van der Waals surface area contributed by atoms with E-state index in [4.69, 9.17) is 4.74 Å². The Bertz CT molecular complexity index is 1280. The molecule has 1 fully saturated rings. The predicted octanol–water partition coefficient (Wildman–Crippen LogP) is 3.71. The van der Waals surface area contributed by atoms with Gasteiger partial charge in [0.05, 0.1) is 11.4 Å². The van der Waals surface area contributed by atoms with Gasteiger partial charge in [-0.1, -0.05) is 42.5 Å². The average molecular weight is 496 g/mol. The molecule has 0 spiro atoms. The minimum Gasteiger partial charge on any atom is -0.437 e. The molecule has 1 amide bonds. The maximum atomic E-state index is 12.7. The van der Waals surface area contributed by atoms with Crippen molar-refractivity contribution in [1.82, 2.24) is 19.8 Å². The van der Waals surface area contributed by atoms with Crippen molar-refractivity contribution in [2.24, 2.45) is 0 Å². The Balaban J connectivity index is 1.08. The second-order valence-corrected chi connectivity index (χ2v) is 8.98. The number of hydrogen-bond donors (Lipinski definition) is 2. The topological polar surface area (TPSA) is 106 Å². The summed E-state index contributed by atoms with van der Waals surface area (Å²) in [6.45, 7) is 4.78. The molecule has 2 N–H and O–H groups in total. The van der Waals surface area contributed by atoms with Crippen molar-refractivity contribution >= 4 is 23.1 Å². The molecule has 3 aromatic rings. The third-order valence-electron chi connectivity index (χ3n) is 6.42. The Hall–Kier alpha value is -4.42. The molecule has 3 heterocycles. The van der Waals surface area contributed by atoms with Crippen LogP contribution in [0.2, 0.25) is 0 Å². The number of amides is 1. The lowest BCUT2D eigenvalue weighted by atomic mass is 10.2. The van der Waals surface area contributed by atoms with E-state index in [9.17, 15) is 10.1 Å². The summed E-state index contributed by atoms with van der Waals surface area (Å²) in [5, 5.41) is 16.0. The molecule has 0 atom stereocenters. The molecule has 1 aromatic heterocycles. The average Bonchev–Trinajstić information content (AvgIpc) is 3.36. The number of carbonyl (C=O) groups excluding carboxylic acids is 1. The molecule has 2 aliphatic heterocycles. The predicted molar refractivity (Wildman–Crippen MR) is 141 cm³/mol. The van der Waals surface area contributed by atoms with Crippen LogP contribution in [-0.2, 0) is 11.3 Å². The van der Waals surface area contributed by atoms with Crippen molar-refractivity contribution in [2.45, 2.75) is 19.4 Å². The molecular weight excluding hydrogens is 466 g/mol. The number of rotatable bonds is 8. The smallest absolute Gasteiger partial charge is 0.223 e. The molecule has 0 aliphatic carbocycles. The van der Waals surface area contributed by atoms with Crippen LogP contribution >= 0.6 is 0 Å². The first-order chi connectivity index (χ1) is 18.2. The highest BCUT2D eigenvalue weighted by Gasteiger charge is 2.23. The fourth-order valence-electron chi connectivity index (χ4n) is 4.43. The molecule has 0 saturated carbocycles. The van der Waals surface area contributed by atoms with Gasteiger partial charge in [0.2, 0.25) is 17.7 Å². The van der Waals surface area contributed by atoms with E-state index in [0.29, 0.717) is 48.2 Å². The van der Waals surface area contributed by atoms with Crippen molar-refractivity contribution in [2.75, 3.05) is 43.4 Å². The van der Waals surface area contributed by atoms with Crippen LogP contribution in [0.5, 0.6) is 5.75 Å². The Morgan fingerprint density at radius 1 is 1.05 bits per heavy atom. The van der Waals surface area contributed by atoms with Crippen molar-refractivity contribution < 1.29 is 9.53 Å². The standard InChI is InChI=1S/C28H29N7O2/c29-19-22(27-32-24-9-4-5-10-25(24)37-27)23-12-14-31-28(33-23)30-13-6-11-26(36)35-17-15-34(16-18-35)20-21-7-2-1-3-8-21/h1-5,7-10,12,14,32H,6,11,13,15-18,20H2,(H,30,31,33). The normalized spacial score (nSPS) is 16.2. The van der Waals surface area contributed by atoms with Gasteiger partial charge in [0.15, 0.2) is 5.75 Å². The number of anilines is 2. The second kappa shape index (κ2) is 11.5. The second-order valence-electron chi connectivity index (χ2n) is 8.98. The number of carbonyl (C=O) groups is 1. The maximum absolute atomic E-state index is 12.7. The Morgan fingerprint density at radius 2 is 1.84 bits per heavy atom. The lowest BCUT2D eigenvalue weighted by Gasteiger charge is -2.34. The lowest BCUT2D eigenvalue weighted by molar-refractivity contribution is -0.133. The number of ether oxygens (including phenoxy) is 1. The molecule has 0 bridgehead atoms. The maximum Gasteiger partial charge on any atom is 0.223 e. The highest BCUT2D eigenvalue weighted by molar-refractivity contribution is 5.82. The Morgan fingerprint density at radius 3 is 2.62 bits per heavy atom. The van der Waals surface area contributed by atoms with E-state index in [1.165, 1.54) is 5.56 Å². The quantitative estimate of drug-likeness (QED) is 0.360. The van der Waals surface area contributed by atoms with Gasteiger partial charge >= 0.3 is 0 Å². The monoisotopic (exact) mass is 495 g/mol. The molecule has 0 radical (unpaired) electrons. The highest BCUT2D eigenvalue weighted by atomic mass is 16.5. The number of hydrogen-bond acceptors (Lipinski definition) is 8. The fourth-order valence-corrected chi connectivity index (χ4v) is 4.43. The molecule has 9 heteroatoms. The van der Waals surface area contributed by atoms with E-state index in [2.05, 4.69) is 55.8 Å². The van der Waals surface area contributed by atoms with Crippen molar-refractivity contribution in [3.63, 3.8) is 0 Å². The van der Waals surface area contributed by atoms with Gasteiger partial charge in [0.25, 0.3) is 0 Å². The summed E-state index contributed by atoms with van der Waals surface area (Å²) in [6.07, 6.45) is 2.74. The highest BCUT2D eigenvalue weighted by Crippen LogP contribution is 2.35. The van der Waals surface area contributed by atoms with E-state index in [1.807, 2.05) is 35.2 Å². The number of fused-ring (bicyclic) bond motifs is 1. The van der Waals surface area contributed by atoms with Crippen LogP contribution in [-0.4, -0.2) is 58.4 Å². The summed E-state index contributed by atoms with van der Waals surface area (Å²) in [6, 6.07) is 21.8. The molecule has 2 aliphatic rings. The number of nitrogens with one attached hydrogen (secondary N) is 2. The number of benzene rings is 2. The number of piperazine rings is 1. The molecule has 1 saturated heterocycles. The van der Waals surface area contributed by atoms with Gasteiger partial charge in [-0.15, -0.1) is 0 Å². The molecule has 9 nitrogen and oxygen atoms in total. The molecule has 188 valence electrons. The minimum absolute atomic E-state index is 0.177. The first-order valence-electron chi connectivity index (χ1n) is 12.5. The summed E-state index contributed by atoms with van der Waals surface area (Å²) in [5.74, 6) is 1.60. The van der Waals surface area contributed by atoms with Crippen LogP contribution < -0.4 is 15.4 Å². The van der Waals surface area contributed by atoms with E-state index in [0.717, 1.165) is 38.4 Å². The lowest BCUT2D eigenvalue weighted by Crippen LogP contribution is -2.48. The molecule has 5 rings (SSSR count). The van der Waals surface area contributed by atoms with Gasteiger partial charge < -0.3 is 20.3 Å². The summed E-state index contributed by atoms with van der Waals surface area (Å²) < 4.78 is 5.79. The molecule has 2 aromatic carbocycles. The Labute approximate surface area is 216 Å². The molecule has 0 unspecified atom stereocenters. The van der Waals surface area contributed by atoms with Crippen molar-refractivity contribution in [3.05, 3.63) is 84.0 Å². The largest absolute Gasteiger partial charge is 0.437 e. The SMILES string of the molecule is N#CC(=C1Nc2ccccc2O1)c1ccnc(NCCCC(=O)N2CCN(Cc3ccccc3)CC2)n1. The number of para-hydroxylation sites is 2. The number of aromatic nitrogens is 2.